The van der Waals surface area contributed by atoms with E-state index in [4.69, 9.17) is 0 Å². The molecule has 1 N–H and O–H groups in total. The first-order valence-corrected chi connectivity index (χ1v) is 8.90. The number of aryl methyl sites for hydroxylation is 1. The van der Waals surface area contributed by atoms with Gasteiger partial charge in [-0.25, -0.2) is 0 Å². The second-order valence-electron chi connectivity index (χ2n) is 6.63. The smallest absolute Gasteiger partial charge is 0.404 e. The Bertz CT molecular complexity index is 1120. The number of hydrogen-bond donors (Lipinski definition) is 1. The van der Waals surface area contributed by atoms with E-state index >= 15 is 0 Å². The number of aromatic nitrogens is 1. The number of ether oxygens (including phenoxy) is 1. The Labute approximate surface area is 173 Å². The minimum absolute atomic E-state index is 0.0105. The largest absolute Gasteiger partial charge is 0.573 e. The van der Waals surface area contributed by atoms with Gasteiger partial charge in [0.25, 0.3) is 5.91 Å². The minimum atomic E-state index is -4.96. The van der Waals surface area contributed by atoms with Crippen LogP contribution in [0.2, 0.25) is 0 Å². The topological polar surface area (TPSA) is 43.3 Å². The molecule has 0 saturated carbocycles. The maximum atomic E-state index is 13.4. The number of benzene rings is 2. The van der Waals surface area contributed by atoms with Gasteiger partial charge in [-0.15, -0.1) is 13.2 Å². The SMILES string of the molecule is Cc1cc(C(=O)Nc2ccccc2OC(F)(F)F)c(C)n1-c1ccccc1C(F)(F)F. The fraction of sp³-hybridized carbons (Fsp3) is 0.190. The van der Waals surface area contributed by atoms with Crippen LogP contribution in [0.15, 0.2) is 54.6 Å². The molecule has 0 radical (unpaired) electrons. The van der Waals surface area contributed by atoms with E-state index in [1.165, 1.54) is 60.9 Å². The zero-order valence-electron chi connectivity index (χ0n) is 16.2. The Hall–Kier alpha value is -3.43. The predicted octanol–water partition coefficient (Wildman–Crippen LogP) is 6.26. The highest BCUT2D eigenvalue weighted by atomic mass is 19.4. The average molecular weight is 442 g/mol. The number of alkyl halides is 6. The van der Waals surface area contributed by atoms with Gasteiger partial charge in [0.05, 0.1) is 22.5 Å². The molecular weight excluding hydrogens is 426 g/mol. The minimum Gasteiger partial charge on any atom is -0.404 e. The van der Waals surface area contributed by atoms with E-state index in [1.54, 1.807) is 0 Å². The van der Waals surface area contributed by atoms with Crippen LogP contribution >= 0.6 is 0 Å². The Morgan fingerprint density at radius 1 is 0.935 bits per heavy atom. The van der Waals surface area contributed by atoms with Crippen molar-refractivity contribution in [1.29, 1.82) is 0 Å². The fourth-order valence-corrected chi connectivity index (χ4v) is 3.24. The van der Waals surface area contributed by atoms with Gasteiger partial charge in [-0.1, -0.05) is 24.3 Å². The Morgan fingerprint density at radius 2 is 1.55 bits per heavy atom. The molecule has 10 heteroatoms. The number of rotatable bonds is 4. The monoisotopic (exact) mass is 442 g/mol. The van der Waals surface area contributed by atoms with E-state index in [1.807, 2.05) is 0 Å². The number of anilines is 1. The van der Waals surface area contributed by atoms with Crippen LogP contribution in [0.25, 0.3) is 5.69 Å². The number of carbonyl (C=O) groups is 1. The van der Waals surface area contributed by atoms with Crippen LogP contribution < -0.4 is 10.1 Å². The van der Waals surface area contributed by atoms with Crippen molar-refractivity contribution in [3.8, 4) is 11.4 Å². The van der Waals surface area contributed by atoms with Crippen molar-refractivity contribution in [3.05, 3.63) is 77.1 Å². The van der Waals surface area contributed by atoms with E-state index < -0.39 is 29.8 Å². The lowest BCUT2D eigenvalue weighted by atomic mass is 10.1. The average Bonchev–Trinajstić information content (AvgIpc) is 2.96. The third-order valence-electron chi connectivity index (χ3n) is 4.49. The van der Waals surface area contributed by atoms with Gasteiger partial charge >= 0.3 is 12.5 Å². The van der Waals surface area contributed by atoms with Gasteiger partial charge in [-0.05, 0) is 44.2 Å². The molecule has 0 unspecified atom stereocenters. The summed E-state index contributed by atoms with van der Waals surface area (Å²) in [5.74, 6) is -1.40. The molecule has 2 aromatic carbocycles. The lowest BCUT2D eigenvalue weighted by molar-refractivity contribution is -0.274. The highest BCUT2D eigenvalue weighted by Crippen LogP contribution is 2.36. The molecule has 1 heterocycles. The Balaban J connectivity index is 1.99. The van der Waals surface area contributed by atoms with Crippen molar-refractivity contribution in [2.24, 2.45) is 0 Å². The van der Waals surface area contributed by atoms with E-state index in [-0.39, 0.29) is 22.6 Å². The first kappa shape index (κ1) is 22.3. The molecule has 4 nitrogen and oxygen atoms in total. The van der Waals surface area contributed by atoms with Crippen LogP contribution in [0.3, 0.4) is 0 Å². The molecule has 0 spiro atoms. The maximum Gasteiger partial charge on any atom is 0.573 e. The molecule has 164 valence electrons. The van der Waals surface area contributed by atoms with Gasteiger partial charge < -0.3 is 14.6 Å². The normalized spacial score (nSPS) is 12.0. The molecule has 1 aromatic heterocycles. The van der Waals surface area contributed by atoms with Crippen LogP contribution in [0.4, 0.5) is 32.0 Å². The molecule has 0 fully saturated rings. The number of hydrogen-bond acceptors (Lipinski definition) is 2. The van der Waals surface area contributed by atoms with Crippen LogP contribution in [-0.2, 0) is 6.18 Å². The lowest BCUT2D eigenvalue weighted by Crippen LogP contribution is -2.20. The van der Waals surface area contributed by atoms with Crippen molar-refractivity contribution in [3.63, 3.8) is 0 Å². The first-order chi connectivity index (χ1) is 14.4. The molecule has 0 aliphatic heterocycles. The number of nitrogens with one attached hydrogen (secondary N) is 1. The van der Waals surface area contributed by atoms with Crippen LogP contribution in [0.5, 0.6) is 5.75 Å². The van der Waals surface area contributed by atoms with E-state index in [0.29, 0.717) is 5.69 Å². The van der Waals surface area contributed by atoms with Gasteiger partial charge in [-0.2, -0.15) is 13.2 Å². The predicted molar refractivity (Wildman–Crippen MR) is 101 cm³/mol. The zero-order valence-corrected chi connectivity index (χ0v) is 16.2. The number of amides is 1. The summed E-state index contributed by atoms with van der Waals surface area (Å²) in [4.78, 5) is 12.7. The highest BCUT2D eigenvalue weighted by Gasteiger charge is 2.35. The molecule has 0 aliphatic carbocycles. The van der Waals surface area contributed by atoms with Gasteiger partial charge in [0.2, 0.25) is 0 Å². The summed E-state index contributed by atoms with van der Waals surface area (Å²) >= 11 is 0. The van der Waals surface area contributed by atoms with Crippen LogP contribution in [0.1, 0.15) is 27.3 Å². The lowest BCUT2D eigenvalue weighted by Gasteiger charge is -2.17. The van der Waals surface area contributed by atoms with Crippen molar-refractivity contribution in [1.82, 2.24) is 4.57 Å². The number of nitrogens with zero attached hydrogens (tertiary/aromatic N) is 1. The van der Waals surface area contributed by atoms with E-state index in [2.05, 4.69) is 10.1 Å². The van der Waals surface area contributed by atoms with Crippen LogP contribution in [0, 0.1) is 13.8 Å². The fourth-order valence-electron chi connectivity index (χ4n) is 3.24. The third-order valence-corrected chi connectivity index (χ3v) is 4.49. The Morgan fingerprint density at radius 3 is 2.19 bits per heavy atom. The molecule has 0 aliphatic rings. The molecule has 3 aromatic rings. The second kappa shape index (κ2) is 8.01. The van der Waals surface area contributed by atoms with Gasteiger partial charge in [0.1, 0.15) is 0 Å². The first-order valence-electron chi connectivity index (χ1n) is 8.90. The molecule has 0 bridgehead atoms. The van der Waals surface area contributed by atoms with Gasteiger partial charge in [0.15, 0.2) is 5.75 Å². The van der Waals surface area contributed by atoms with Crippen molar-refractivity contribution < 1.29 is 35.9 Å². The number of para-hydroxylation sites is 3. The molecule has 31 heavy (non-hydrogen) atoms. The summed E-state index contributed by atoms with van der Waals surface area (Å²) in [6.07, 6.45) is -9.58. The summed E-state index contributed by atoms with van der Waals surface area (Å²) in [5.41, 5.74) is -0.723. The Kier molecular flexibility index (Phi) is 5.75. The van der Waals surface area contributed by atoms with E-state index in [0.717, 1.165) is 12.1 Å². The van der Waals surface area contributed by atoms with Crippen LogP contribution in [-0.4, -0.2) is 16.8 Å². The molecule has 0 saturated heterocycles. The summed E-state index contributed by atoms with van der Waals surface area (Å²) in [5, 5.41) is 2.33. The van der Waals surface area contributed by atoms with Crippen molar-refractivity contribution in [2.75, 3.05) is 5.32 Å². The third kappa shape index (κ3) is 4.84. The number of carbonyl (C=O) groups excluding carboxylic acids is 1. The summed E-state index contributed by atoms with van der Waals surface area (Å²) < 4.78 is 83.3. The molecule has 1 amide bonds. The standard InChI is InChI=1S/C21H16F6N2O2/c1-12-11-14(13(2)29(12)17-9-5-3-7-15(17)20(22,23)24)19(30)28-16-8-4-6-10-18(16)31-21(25,26)27/h3-11H,1-2H3,(H,28,30). The number of halogens is 6. The second-order valence-corrected chi connectivity index (χ2v) is 6.63. The van der Waals surface area contributed by atoms with Crippen molar-refractivity contribution >= 4 is 11.6 Å². The molecule has 0 atom stereocenters. The summed E-state index contributed by atoms with van der Waals surface area (Å²) in [6.45, 7) is 2.98. The highest BCUT2D eigenvalue weighted by molar-refractivity contribution is 6.06. The van der Waals surface area contributed by atoms with Crippen molar-refractivity contribution in [2.45, 2.75) is 26.4 Å². The summed E-state index contributed by atoms with van der Waals surface area (Å²) in [7, 11) is 0. The maximum absolute atomic E-state index is 13.4. The molecule has 3 rings (SSSR count). The molecular formula is C21H16F6N2O2. The quantitative estimate of drug-likeness (QED) is 0.485. The van der Waals surface area contributed by atoms with Gasteiger partial charge in [0, 0.05) is 11.4 Å². The zero-order chi connectivity index (χ0) is 23.0. The van der Waals surface area contributed by atoms with E-state index in [9.17, 15) is 31.1 Å². The van der Waals surface area contributed by atoms with Gasteiger partial charge in [-0.3, -0.25) is 4.79 Å². The summed E-state index contributed by atoms with van der Waals surface area (Å²) in [6, 6.07) is 11.2.